The number of halogens is 2. The van der Waals surface area contributed by atoms with Gasteiger partial charge in [-0.05, 0) is 61.5 Å². The van der Waals surface area contributed by atoms with E-state index in [4.69, 9.17) is 25.8 Å². The second-order valence-electron chi connectivity index (χ2n) is 7.47. The van der Waals surface area contributed by atoms with E-state index in [0.29, 0.717) is 5.75 Å². The molecule has 0 saturated heterocycles. The number of methoxy groups -OCH3 is 2. The fraction of sp³-hybridized carbons (Fsp3) is 0.200. The van der Waals surface area contributed by atoms with E-state index in [0.717, 1.165) is 16.4 Å². The van der Waals surface area contributed by atoms with Crippen LogP contribution in [0.2, 0.25) is 5.02 Å². The zero-order valence-corrected chi connectivity index (χ0v) is 21.7. The minimum atomic E-state index is -4.32. The quantitative estimate of drug-likeness (QED) is 0.370. The first-order valence-electron chi connectivity index (χ1n) is 10.9. The summed E-state index contributed by atoms with van der Waals surface area (Å²) >= 11 is 6.15. The Morgan fingerprint density at radius 2 is 1.65 bits per heavy atom. The lowest BCUT2D eigenvalue weighted by Gasteiger charge is -2.24. The summed E-state index contributed by atoms with van der Waals surface area (Å²) in [4.78, 5) is 24.7. The van der Waals surface area contributed by atoms with Crippen LogP contribution in [0.25, 0.3) is 0 Å². The molecule has 0 aliphatic carbocycles. The SMILES string of the molecule is CCOC(=O)c1ccc(NC(=O)CN(c2ccc(F)cc2)S(=O)(=O)c2ccc(OC)c(OC)c2)cc1Cl. The predicted octanol–water partition coefficient (Wildman–Crippen LogP) is 4.51. The molecule has 0 bridgehead atoms. The first-order valence-corrected chi connectivity index (χ1v) is 12.7. The van der Waals surface area contributed by atoms with Crippen molar-refractivity contribution in [1.82, 2.24) is 0 Å². The predicted molar refractivity (Wildman–Crippen MR) is 137 cm³/mol. The van der Waals surface area contributed by atoms with Crippen molar-refractivity contribution in [3.63, 3.8) is 0 Å². The van der Waals surface area contributed by atoms with Gasteiger partial charge in [0.05, 0.1) is 42.0 Å². The molecule has 0 unspecified atom stereocenters. The Labute approximate surface area is 218 Å². The highest BCUT2D eigenvalue weighted by Gasteiger charge is 2.28. The summed E-state index contributed by atoms with van der Waals surface area (Å²) in [5.41, 5.74) is 0.401. The first-order chi connectivity index (χ1) is 17.6. The number of esters is 1. The lowest BCUT2D eigenvalue weighted by atomic mass is 10.2. The van der Waals surface area contributed by atoms with Gasteiger partial charge in [0.25, 0.3) is 10.0 Å². The van der Waals surface area contributed by atoms with Gasteiger partial charge >= 0.3 is 5.97 Å². The van der Waals surface area contributed by atoms with Gasteiger partial charge in [-0.15, -0.1) is 0 Å². The van der Waals surface area contributed by atoms with Crippen LogP contribution in [0, 0.1) is 5.82 Å². The fourth-order valence-electron chi connectivity index (χ4n) is 3.32. The molecule has 9 nitrogen and oxygen atoms in total. The Hall–Kier alpha value is -3.83. The summed E-state index contributed by atoms with van der Waals surface area (Å²) in [6.07, 6.45) is 0. The number of carbonyl (C=O) groups is 2. The molecule has 196 valence electrons. The van der Waals surface area contributed by atoms with Crippen molar-refractivity contribution in [2.75, 3.05) is 37.0 Å². The zero-order chi connectivity index (χ0) is 27.2. The monoisotopic (exact) mass is 550 g/mol. The maximum absolute atomic E-state index is 13.6. The van der Waals surface area contributed by atoms with Crippen molar-refractivity contribution < 1.29 is 36.6 Å². The van der Waals surface area contributed by atoms with Gasteiger partial charge in [-0.1, -0.05) is 11.6 Å². The summed E-state index contributed by atoms with van der Waals surface area (Å²) in [7, 11) is -1.55. The van der Waals surface area contributed by atoms with Crippen molar-refractivity contribution in [3.05, 3.63) is 77.1 Å². The van der Waals surface area contributed by atoms with Crippen LogP contribution in [0.4, 0.5) is 15.8 Å². The Bertz CT molecular complexity index is 1400. The molecule has 0 aliphatic rings. The Balaban J connectivity index is 1.92. The van der Waals surface area contributed by atoms with Gasteiger partial charge in [0.1, 0.15) is 12.4 Å². The molecule has 0 fully saturated rings. The minimum absolute atomic E-state index is 0.0459. The maximum atomic E-state index is 13.6. The number of sulfonamides is 1. The molecular weight excluding hydrogens is 527 g/mol. The molecule has 37 heavy (non-hydrogen) atoms. The third-order valence-electron chi connectivity index (χ3n) is 5.09. The number of nitrogens with one attached hydrogen (secondary N) is 1. The smallest absolute Gasteiger partial charge is 0.339 e. The molecule has 3 aromatic carbocycles. The lowest BCUT2D eigenvalue weighted by molar-refractivity contribution is -0.114. The summed E-state index contributed by atoms with van der Waals surface area (Å²) < 4.78 is 56.9. The van der Waals surface area contributed by atoms with Crippen molar-refractivity contribution in [2.45, 2.75) is 11.8 Å². The van der Waals surface area contributed by atoms with E-state index in [-0.39, 0.29) is 39.2 Å². The lowest BCUT2D eigenvalue weighted by Crippen LogP contribution is -2.38. The van der Waals surface area contributed by atoms with E-state index in [9.17, 15) is 22.4 Å². The van der Waals surface area contributed by atoms with Crippen molar-refractivity contribution in [1.29, 1.82) is 0 Å². The highest BCUT2D eigenvalue weighted by atomic mass is 35.5. The van der Waals surface area contributed by atoms with E-state index in [1.54, 1.807) is 6.92 Å². The number of nitrogens with zero attached hydrogens (tertiary/aromatic N) is 1. The van der Waals surface area contributed by atoms with Gasteiger partial charge in [0.15, 0.2) is 11.5 Å². The summed E-state index contributed by atoms with van der Waals surface area (Å²) in [5.74, 6) is -1.42. The number of rotatable bonds is 10. The normalized spacial score (nSPS) is 10.9. The molecule has 0 spiro atoms. The van der Waals surface area contributed by atoms with Gasteiger partial charge in [0.2, 0.25) is 5.91 Å². The molecule has 0 aromatic heterocycles. The Morgan fingerprint density at radius 1 is 0.973 bits per heavy atom. The number of anilines is 2. The van der Waals surface area contributed by atoms with Gasteiger partial charge < -0.3 is 19.5 Å². The standard InChI is InChI=1S/C25H24ClFN2O7S/c1-4-36-25(31)20-11-7-17(13-21(20)26)28-24(30)15-29(18-8-5-16(27)6-9-18)37(32,33)19-10-12-22(34-2)23(14-19)35-3/h5-14H,4,15H2,1-3H3,(H,28,30). The second kappa shape index (κ2) is 11.9. The van der Waals surface area contributed by atoms with Crippen LogP contribution in [0.3, 0.4) is 0 Å². The van der Waals surface area contributed by atoms with Crippen LogP contribution in [0.5, 0.6) is 11.5 Å². The topological polar surface area (TPSA) is 111 Å². The Kier molecular flexibility index (Phi) is 8.95. The third kappa shape index (κ3) is 6.49. The first kappa shape index (κ1) is 27.8. The Morgan fingerprint density at radius 3 is 2.24 bits per heavy atom. The summed E-state index contributed by atoms with van der Waals surface area (Å²) in [6, 6.07) is 12.8. The second-order valence-corrected chi connectivity index (χ2v) is 9.74. The maximum Gasteiger partial charge on any atom is 0.339 e. The molecule has 0 radical (unpaired) electrons. The zero-order valence-electron chi connectivity index (χ0n) is 20.2. The minimum Gasteiger partial charge on any atom is -0.493 e. The number of hydrogen-bond donors (Lipinski definition) is 1. The van der Waals surface area contributed by atoms with Gasteiger partial charge in [-0.25, -0.2) is 17.6 Å². The number of carbonyl (C=O) groups excluding carboxylic acids is 2. The van der Waals surface area contributed by atoms with Crippen LogP contribution in [-0.4, -0.2) is 47.7 Å². The largest absolute Gasteiger partial charge is 0.493 e. The molecule has 3 rings (SSSR count). The van der Waals surface area contributed by atoms with Crippen molar-refractivity contribution in [3.8, 4) is 11.5 Å². The van der Waals surface area contributed by atoms with Crippen LogP contribution < -0.4 is 19.1 Å². The van der Waals surface area contributed by atoms with Crippen LogP contribution in [0.15, 0.2) is 65.6 Å². The summed E-state index contributed by atoms with van der Waals surface area (Å²) in [5, 5.41) is 2.60. The molecule has 0 aliphatic heterocycles. The third-order valence-corrected chi connectivity index (χ3v) is 7.18. The average Bonchev–Trinajstić information content (AvgIpc) is 2.87. The van der Waals surface area contributed by atoms with E-state index in [1.807, 2.05) is 0 Å². The summed E-state index contributed by atoms with van der Waals surface area (Å²) in [6.45, 7) is 1.17. The molecule has 0 saturated carbocycles. The van der Waals surface area contributed by atoms with Crippen LogP contribution in [0.1, 0.15) is 17.3 Å². The highest BCUT2D eigenvalue weighted by molar-refractivity contribution is 7.92. The van der Waals surface area contributed by atoms with E-state index in [1.165, 1.54) is 62.8 Å². The van der Waals surface area contributed by atoms with Gasteiger partial charge in [0, 0.05) is 11.8 Å². The molecule has 1 N–H and O–H groups in total. The van der Waals surface area contributed by atoms with Gasteiger partial charge in [-0.3, -0.25) is 9.10 Å². The molecule has 12 heteroatoms. The van der Waals surface area contributed by atoms with Crippen molar-refractivity contribution in [2.24, 2.45) is 0 Å². The molecular formula is C25H24ClFN2O7S. The van der Waals surface area contributed by atoms with E-state index < -0.39 is 34.3 Å². The van der Waals surface area contributed by atoms with Crippen LogP contribution in [-0.2, 0) is 19.6 Å². The number of ether oxygens (including phenoxy) is 3. The van der Waals surface area contributed by atoms with Crippen molar-refractivity contribution >= 4 is 44.9 Å². The van der Waals surface area contributed by atoms with E-state index >= 15 is 0 Å². The average molecular weight is 551 g/mol. The van der Waals surface area contributed by atoms with Crippen LogP contribution >= 0.6 is 11.6 Å². The number of hydrogen-bond acceptors (Lipinski definition) is 7. The van der Waals surface area contributed by atoms with E-state index in [2.05, 4.69) is 5.32 Å². The number of amides is 1. The molecule has 1 amide bonds. The van der Waals surface area contributed by atoms with Gasteiger partial charge in [-0.2, -0.15) is 0 Å². The number of benzene rings is 3. The highest BCUT2D eigenvalue weighted by Crippen LogP contribution is 2.32. The molecule has 0 atom stereocenters. The molecule has 3 aromatic rings. The fourth-order valence-corrected chi connectivity index (χ4v) is 5.02. The molecule has 0 heterocycles.